The van der Waals surface area contributed by atoms with Gasteiger partial charge in [0.05, 0.1) is 6.61 Å². The molecular formula is C10H16ClN3O13P3-. The van der Waals surface area contributed by atoms with E-state index in [1.165, 1.54) is 19.2 Å². The van der Waals surface area contributed by atoms with Crippen LogP contribution in [0.25, 0.3) is 0 Å². The Balaban J connectivity index is 2.12. The van der Waals surface area contributed by atoms with Crippen molar-refractivity contribution >= 4 is 40.9 Å². The molecule has 0 aromatic carbocycles. The molecule has 1 aromatic rings. The van der Waals surface area contributed by atoms with Crippen LogP contribution in [0.1, 0.15) is 13.2 Å². The van der Waals surface area contributed by atoms with Crippen LogP contribution in [0.4, 0.5) is 5.82 Å². The van der Waals surface area contributed by atoms with Crippen LogP contribution in [-0.4, -0.2) is 53.0 Å². The molecule has 2 heterocycles. The smallest absolute Gasteiger partial charge is 0.487 e. The highest BCUT2D eigenvalue weighted by atomic mass is 35.5. The SMILES string of the molecule is C[C@@]1(Cl)[C@H](O)[C@@H](COP(=O)(O)OP(=O)(O)OP(=O)([O-])O)O[C@H]1n1ccc(N)nc1=O. The zero-order valence-electron chi connectivity index (χ0n) is 14.7. The van der Waals surface area contributed by atoms with E-state index >= 15 is 0 Å². The highest BCUT2D eigenvalue weighted by Gasteiger charge is 2.54. The van der Waals surface area contributed by atoms with Gasteiger partial charge < -0.3 is 35.2 Å². The molecule has 172 valence electrons. The Bertz CT molecular complexity index is 995. The van der Waals surface area contributed by atoms with E-state index in [1.807, 2.05) is 0 Å². The van der Waals surface area contributed by atoms with Gasteiger partial charge in [-0.25, -0.2) is 18.2 Å². The Labute approximate surface area is 172 Å². The van der Waals surface area contributed by atoms with E-state index in [9.17, 15) is 33.4 Å². The molecule has 1 fully saturated rings. The molecule has 1 aliphatic rings. The molecule has 6 N–H and O–H groups in total. The fraction of sp³-hybridized carbons (Fsp3) is 0.600. The van der Waals surface area contributed by atoms with Crippen LogP contribution in [0.3, 0.4) is 0 Å². The lowest BCUT2D eigenvalue weighted by atomic mass is 10.0. The largest absolute Gasteiger partial charge is 0.756 e. The first-order valence-corrected chi connectivity index (χ1v) is 12.4. The van der Waals surface area contributed by atoms with Gasteiger partial charge in [-0.1, -0.05) is 0 Å². The molecule has 0 radical (unpaired) electrons. The Morgan fingerprint density at radius 1 is 1.33 bits per heavy atom. The van der Waals surface area contributed by atoms with Crippen molar-refractivity contribution in [1.29, 1.82) is 0 Å². The van der Waals surface area contributed by atoms with Gasteiger partial charge in [0, 0.05) is 6.20 Å². The van der Waals surface area contributed by atoms with Crippen LogP contribution in [0, 0.1) is 0 Å². The van der Waals surface area contributed by atoms with Crippen LogP contribution in [0.5, 0.6) is 0 Å². The summed E-state index contributed by atoms with van der Waals surface area (Å²) in [7, 11) is -17.0. The second-order valence-corrected chi connectivity index (χ2v) is 11.2. The molecule has 2 rings (SSSR count). The predicted molar refractivity (Wildman–Crippen MR) is 94.7 cm³/mol. The minimum Gasteiger partial charge on any atom is -0.756 e. The lowest BCUT2D eigenvalue weighted by Crippen LogP contribution is -2.42. The van der Waals surface area contributed by atoms with Crippen molar-refractivity contribution in [3.63, 3.8) is 0 Å². The summed E-state index contributed by atoms with van der Waals surface area (Å²) in [6.07, 6.45) is -3.23. The fourth-order valence-corrected chi connectivity index (χ4v) is 5.72. The maximum Gasteiger partial charge on any atom is 0.487 e. The molecule has 20 heteroatoms. The summed E-state index contributed by atoms with van der Waals surface area (Å²) in [5.74, 6) is -0.0921. The number of ether oxygens (including phenoxy) is 1. The number of aliphatic hydroxyl groups excluding tert-OH is 1. The van der Waals surface area contributed by atoms with E-state index in [4.69, 9.17) is 31.9 Å². The zero-order valence-corrected chi connectivity index (χ0v) is 18.2. The lowest BCUT2D eigenvalue weighted by Gasteiger charge is -2.26. The number of nitrogens with zero attached hydrogens (tertiary/aromatic N) is 2. The first-order chi connectivity index (χ1) is 13.4. The van der Waals surface area contributed by atoms with E-state index in [2.05, 4.69) is 18.1 Å². The van der Waals surface area contributed by atoms with Gasteiger partial charge in [-0.3, -0.25) is 13.7 Å². The summed E-state index contributed by atoms with van der Waals surface area (Å²) in [5.41, 5.74) is 4.51. The predicted octanol–water partition coefficient (Wildman–Crippen LogP) is -1.21. The highest BCUT2D eigenvalue weighted by molar-refractivity contribution is 7.66. The maximum absolute atomic E-state index is 12.0. The third kappa shape index (κ3) is 6.40. The summed E-state index contributed by atoms with van der Waals surface area (Å²) in [6.45, 7) is 0.309. The molecule has 1 aromatic heterocycles. The van der Waals surface area contributed by atoms with Crippen LogP contribution >= 0.6 is 35.1 Å². The summed E-state index contributed by atoms with van der Waals surface area (Å²) in [5, 5.41) is 10.3. The van der Waals surface area contributed by atoms with Crippen molar-refractivity contribution < 1.29 is 56.3 Å². The fourth-order valence-electron chi connectivity index (χ4n) is 2.42. The van der Waals surface area contributed by atoms with Crippen LogP contribution in [0.15, 0.2) is 17.1 Å². The number of aromatic nitrogens is 2. The van der Waals surface area contributed by atoms with Crippen molar-refractivity contribution in [1.82, 2.24) is 9.55 Å². The van der Waals surface area contributed by atoms with E-state index in [0.717, 1.165) is 4.57 Å². The monoisotopic (exact) mass is 514 g/mol. The minimum atomic E-state index is -5.80. The van der Waals surface area contributed by atoms with E-state index in [-0.39, 0.29) is 5.82 Å². The molecule has 30 heavy (non-hydrogen) atoms. The average Bonchev–Trinajstić information content (AvgIpc) is 2.73. The molecule has 0 aliphatic carbocycles. The number of hydrogen-bond donors (Lipinski definition) is 5. The molecule has 1 saturated heterocycles. The number of nitrogen functional groups attached to an aromatic ring is 1. The average molecular weight is 515 g/mol. The topological polar surface area (TPSA) is 253 Å². The van der Waals surface area contributed by atoms with E-state index < -0.39 is 59.1 Å². The van der Waals surface area contributed by atoms with Crippen molar-refractivity contribution in [3.8, 4) is 0 Å². The van der Waals surface area contributed by atoms with Gasteiger partial charge >= 0.3 is 21.3 Å². The summed E-state index contributed by atoms with van der Waals surface area (Å²) >= 11 is 6.24. The van der Waals surface area contributed by atoms with E-state index in [0.29, 0.717) is 0 Å². The third-order valence-corrected chi connectivity index (χ3v) is 7.82. The normalized spacial score (nSPS) is 32.8. The Morgan fingerprint density at radius 2 is 1.93 bits per heavy atom. The summed E-state index contributed by atoms with van der Waals surface area (Å²) in [6, 6.07) is 1.25. The Morgan fingerprint density at radius 3 is 2.47 bits per heavy atom. The van der Waals surface area contributed by atoms with Crippen molar-refractivity contribution in [3.05, 3.63) is 22.7 Å². The first-order valence-electron chi connectivity index (χ1n) is 7.57. The number of anilines is 1. The van der Waals surface area contributed by atoms with Gasteiger partial charge in [0.2, 0.25) is 0 Å². The summed E-state index contributed by atoms with van der Waals surface area (Å²) in [4.78, 5) is 51.1. The molecule has 0 amide bonds. The lowest BCUT2D eigenvalue weighted by molar-refractivity contribution is -0.212. The van der Waals surface area contributed by atoms with Gasteiger partial charge in [-0.05, 0) is 13.0 Å². The standard InChI is InChI=1S/C10H17ClN3O13P3/c1-10(11)7(15)5(25-8(10)14-3-2-6(12)13-9(14)16)4-24-29(20,21)27-30(22,23)26-28(17,18)19/h2-3,5,7-8,15H,4H2,1H3,(H,20,21)(H,22,23)(H2,12,13,16)(H2,17,18,19)/p-1/t5-,7-,8-,10-/m1/s1. The molecular weight excluding hydrogens is 498 g/mol. The number of rotatable bonds is 8. The molecule has 3 unspecified atom stereocenters. The van der Waals surface area contributed by atoms with Crippen LogP contribution in [0.2, 0.25) is 0 Å². The minimum absolute atomic E-state index is 0.0921. The van der Waals surface area contributed by atoms with Crippen molar-refractivity contribution in [2.75, 3.05) is 12.3 Å². The van der Waals surface area contributed by atoms with Crippen LogP contribution < -0.4 is 16.3 Å². The molecule has 0 spiro atoms. The van der Waals surface area contributed by atoms with Gasteiger partial charge in [0.25, 0.3) is 7.82 Å². The number of halogens is 1. The second-order valence-electron chi connectivity index (χ2n) is 6.03. The number of phosphoric ester groups is 1. The second kappa shape index (κ2) is 8.68. The molecule has 0 saturated carbocycles. The van der Waals surface area contributed by atoms with Crippen molar-refractivity contribution in [2.45, 2.75) is 30.2 Å². The quantitative estimate of drug-likeness (QED) is 0.201. The first kappa shape index (κ1) is 25.6. The Hall–Kier alpha value is -0.700. The van der Waals surface area contributed by atoms with Gasteiger partial charge in [-0.2, -0.15) is 9.29 Å². The van der Waals surface area contributed by atoms with Gasteiger partial charge in [0.1, 0.15) is 22.9 Å². The number of nitrogens with two attached hydrogens (primary N) is 1. The molecule has 16 nitrogen and oxygen atoms in total. The highest BCUT2D eigenvalue weighted by Crippen LogP contribution is 2.65. The van der Waals surface area contributed by atoms with Gasteiger partial charge in [-0.15, -0.1) is 11.6 Å². The summed E-state index contributed by atoms with van der Waals surface area (Å²) < 4.78 is 51.2. The number of aliphatic hydroxyl groups is 1. The molecule has 0 bridgehead atoms. The third-order valence-electron chi connectivity index (χ3n) is 3.64. The van der Waals surface area contributed by atoms with Gasteiger partial charge in [0.15, 0.2) is 6.23 Å². The van der Waals surface area contributed by atoms with Crippen LogP contribution in [-0.2, 0) is 31.6 Å². The zero-order chi connectivity index (χ0) is 23.1. The molecule has 1 aliphatic heterocycles. The number of phosphoric acid groups is 3. The number of hydrogen-bond acceptors (Lipinski definition) is 12. The molecule has 7 atom stereocenters. The van der Waals surface area contributed by atoms with Crippen molar-refractivity contribution in [2.24, 2.45) is 0 Å². The maximum atomic E-state index is 12.0. The van der Waals surface area contributed by atoms with E-state index in [1.54, 1.807) is 0 Å². The number of alkyl halides is 1. The Kier molecular flexibility index (Phi) is 7.39.